The second kappa shape index (κ2) is 4.57. The fourth-order valence-corrected chi connectivity index (χ4v) is 1.12. The Hall–Kier alpha value is -1.62. The van der Waals surface area contributed by atoms with Crippen LogP contribution in [0.1, 0.15) is 18.0 Å². The molecular weight excluding hydrogens is 182 g/mol. The number of aliphatic carboxylic acids is 1. The van der Waals surface area contributed by atoms with Crippen LogP contribution >= 0.6 is 0 Å². The number of hydrogen-bond donors (Lipinski definition) is 3. The summed E-state index contributed by atoms with van der Waals surface area (Å²) in [5.41, 5.74) is 6.45. The van der Waals surface area contributed by atoms with E-state index >= 15 is 0 Å². The van der Waals surface area contributed by atoms with Gasteiger partial charge in [0, 0.05) is 19.3 Å². The van der Waals surface area contributed by atoms with E-state index in [9.17, 15) is 4.79 Å². The molecule has 1 heterocycles. The van der Waals surface area contributed by atoms with Crippen molar-refractivity contribution in [2.75, 3.05) is 12.4 Å². The van der Waals surface area contributed by atoms with E-state index < -0.39 is 12.0 Å². The first-order valence-corrected chi connectivity index (χ1v) is 4.24. The molecule has 0 aliphatic carbocycles. The van der Waals surface area contributed by atoms with E-state index in [0.717, 1.165) is 5.56 Å². The third-order valence-corrected chi connectivity index (χ3v) is 1.86. The molecule has 0 unspecified atom stereocenters. The molecule has 5 nitrogen and oxygen atoms in total. The van der Waals surface area contributed by atoms with Gasteiger partial charge >= 0.3 is 5.97 Å². The number of carbonyl (C=O) groups is 1. The molecule has 76 valence electrons. The number of rotatable bonds is 4. The Labute approximate surface area is 82.0 Å². The summed E-state index contributed by atoms with van der Waals surface area (Å²) in [7, 11) is 1.74. The molecule has 1 aromatic heterocycles. The maximum absolute atomic E-state index is 10.4. The molecule has 0 amide bonds. The first-order chi connectivity index (χ1) is 6.63. The number of nitrogens with one attached hydrogen (secondary N) is 1. The number of nitrogens with two attached hydrogens (primary N) is 1. The summed E-state index contributed by atoms with van der Waals surface area (Å²) in [6, 6.07) is 2.98. The summed E-state index contributed by atoms with van der Waals surface area (Å²) >= 11 is 0. The van der Waals surface area contributed by atoms with Gasteiger partial charge in [-0.1, -0.05) is 0 Å². The van der Waals surface area contributed by atoms with Gasteiger partial charge < -0.3 is 16.2 Å². The van der Waals surface area contributed by atoms with Crippen LogP contribution in [-0.2, 0) is 4.79 Å². The molecule has 14 heavy (non-hydrogen) atoms. The summed E-state index contributed by atoms with van der Waals surface area (Å²) in [6.07, 6.45) is 1.52. The number of nitrogens with zero attached hydrogens (tertiary/aromatic N) is 1. The second-order valence-electron chi connectivity index (χ2n) is 2.93. The van der Waals surface area contributed by atoms with E-state index in [2.05, 4.69) is 10.3 Å². The smallest absolute Gasteiger partial charge is 0.305 e. The zero-order chi connectivity index (χ0) is 10.6. The van der Waals surface area contributed by atoms with Crippen molar-refractivity contribution in [3.8, 4) is 0 Å². The lowest BCUT2D eigenvalue weighted by atomic mass is 10.1. The molecule has 0 bridgehead atoms. The average molecular weight is 195 g/mol. The number of pyridine rings is 1. The van der Waals surface area contributed by atoms with Gasteiger partial charge in [-0.2, -0.15) is 0 Å². The van der Waals surface area contributed by atoms with E-state index in [1.54, 1.807) is 25.4 Å². The molecule has 0 aliphatic heterocycles. The van der Waals surface area contributed by atoms with Gasteiger partial charge in [0.2, 0.25) is 0 Å². The Kier molecular flexibility index (Phi) is 3.41. The van der Waals surface area contributed by atoms with Crippen LogP contribution in [-0.4, -0.2) is 23.1 Å². The molecule has 0 saturated carbocycles. The molecule has 0 fully saturated rings. The van der Waals surface area contributed by atoms with Crippen LogP contribution < -0.4 is 11.1 Å². The van der Waals surface area contributed by atoms with Crippen LogP contribution in [0, 0.1) is 0 Å². The number of hydrogen-bond acceptors (Lipinski definition) is 4. The van der Waals surface area contributed by atoms with Crippen LogP contribution in [0.3, 0.4) is 0 Å². The fraction of sp³-hybridized carbons (Fsp3) is 0.333. The highest BCUT2D eigenvalue weighted by Crippen LogP contribution is 2.15. The standard InChI is InChI=1S/C9H13N3O2/c1-11-8-4-6(2-3-12-8)7(10)5-9(13)14/h2-4,7H,5,10H2,1H3,(H,11,12)(H,13,14)/t7-/m0/s1. The minimum atomic E-state index is -0.902. The van der Waals surface area contributed by atoms with Crippen LogP contribution in [0.15, 0.2) is 18.3 Å². The minimum absolute atomic E-state index is 0.0762. The van der Waals surface area contributed by atoms with Crippen molar-refractivity contribution in [1.29, 1.82) is 0 Å². The molecule has 1 rings (SSSR count). The van der Waals surface area contributed by atoms with Gasteiger partial charge in [0.05, 0.1) is 6.42 Å². The summed E-state index contributed by atoms with van der Waals surface area (Å²) in [5, 5.41) is 11.4. The highest BCUT2D eigenvalue weighted by Gasteiger charge is 2.10. The molecule has 0 aliphatic rings. The first-order valence-electron chi connectivity index (χ1n) is 4.24. The zero-order valence-corrected chi connectivity index (χ0v) is 7.90. The maximum Gasteiger partial charge on any atom is 0.305 e. The van der Waals surface area contributed by atoms with Crippen molar-refractivity contribution in [2.45, 2.75) is 12.5 Å². The van der Waals surface area contributed by atoms with E-state index in [-0.39, 0.29) is 6.42 Å². The molecule has 0 saturated heterocycles. The Bertz CT molecular complexity index is 328. The average Bonchev–Trinajstić information content (AvgIpc) is 2.17. The van der Waals surface area contributed by atoms with Gasteiger partial charge in [-0.15, -0.1) is 0 Å². The van der Waals surface area contributed by atoms with E-state index in [4.69, 9.17) is 10.8 Å². The van der Waals surface area contributed by atoms with Gasteiger partial charge in [0.1, 0.15) is 5.82 Å². The van der Waals surface area contributed by atoms with E-state index in [0.29, 0.717) is 5.82 Å². The van der Waals surface area contributed by atoms with Crippen LogP contribution in [0.5, 0.6) is 0 Å². The van der Waals surface area contributed by atoms with Crippen molar-refractivity contribution >= 4 is 11.8 Å². The van der Waals surface area contributed by atoms with E-state index in [1.807, 2.05) is 0 Å². The number of aromatic nitrogens is 1. The highest BCUT2D eigenvalue weighted by atomic mass is 16.4. The third-order valence-electron chi connectivity index (χ3n) is 1.86. The lowest BCUT2D eigenvalue weighted by Gasteiger charge is -2.09. The lowest BCUT2D eigenvalue weighted by Crippen LogP contribution is -2.15. The zero-order valence-electron chi connectivity index (χ0n) is 7.90. The topological polar surface area (TPSA) is 88.2 Å². The Morgan fingerprint density at radius 3 is 3.07 bits per heavy atom. The number of carboxylic acid groups (broad SMARTS) is 1. The van der Waals surface area contributed by atoms with Crippen LogP contribution in [0.2, 0.25) is 0 Å². The monoisotopic (exact) mass is 195 g/mol. The molecular formula is C9H13N3O2. The van der Waals surface area contributed by atoms with Crippen molar-refractivity contribution in [1.82, 2.24) is 4.98 Å². The maximum atomic E-state index is 10.4. The molecule has 0 spiro atoms. The fourth-order valence-electron chi connectivity index (χ4n) is 1.12. The van der Waals surface area contributed by atoms with Crippen molar-refractivity contribution in [3.05, 3.63) is 23.9 Å². The normalized spacial score (nSPS) is 12.1. The van der Waals surface area contributed by atoms with Gasteiger partial charge in [0.15, 0.2) is 0 Å². The van der Waals surface area contributed by atoms with Crippen molar-refractivity contribution < 1.29 is 9.90 Å². The van der Waals surface area contributed by atoms with Crippen LogP contribution in [0.25, 0.3) is 0 Å². The van der Waals surface area contributed by atoms with Gasteiger partial charge in [-0.05, 0) is 17.7 Å². The summed E-state index contributed by atoms with van der Waals surface area (Å²) in [5.74, 6) is -0.219. The van der Waals surface area contributed by atoms with Crippen molar-refractivity contribution in [2.24, 2.45) is 5.73 Å². The Morgan fingerprint density at radius 1 is 1.79 bits per heavy atom. The highest BCUT2D eigenvalue weighted by molar-refractivity contribution is 5.68. The third kappa shape index (κ3) is 2.70. The molecule has 1 aromatic rings. The second-order valence-corrected chi connectivity index (χ2v) is 2.93. The van der Waals surface area contributed by atoms with Gasteiger partial charge in [-0.3, -0.25) is 4.79 Å². The number of anilines is 1. The minimum Gasteiger partial charge on any atom is -0.481 e. The summed E-state index contributed by atoms with van der Waals surface area (Å²) in [4.78, 5) is 14.4. The van der Waals surface area contributed by atoms with E-state index in [1.165, 1.54) is 0 Å². The Morgan fingerprint density at radius 2 is 2.50 bits per heavy atom. The number of carboxylic acids is 1. The van der Waals surface area contributed by atoms with Gasteiger partial charge in [0.25, 0.3) is 0 Å². The largest absolute Gasteiger partial charge is 0.481 e. The molecule has 5 heteroatoms. The summed E-state index contributed by atoms with van der Waals surface area (Å²) < 4.78 is 0. The Balaban J connectivity index is 2.78. The lowest BCUT2D eigenvalue weighted by molar-refractivity contribution is -0.137. The summed E-state index contributed by atoms with van der Waals surface area (Å²) in [6.45, 7) is 0. The molecule has 0 radical (unpaired) electrons. The van der Waals surface area contributed by atoms with Crippen molar-refractivity contribution in [3.63, 3.8) is 0 Å². The molecule has 4 N–H and O–H groups in total. The quantitative estimate of drug-likeness (QED) is 0.654. The SMILES string of the molecule is CNc1cc([C@@H](N)CC(=O)O)ccn1. The predicted octanol–water partition coefficient (Wildman–Crippen LogP) is 0.598. The first kappa shape index (κ1) is 10.5. The predicted molar refractivity (Wildman–Crippen MR) is 53.0 cm³/mol. The van der Waals surface area contributed by atoms with Crippen LogP contribution in [0.4, 0.5) is 5.82 Å². The van der Waals surface area contributed by atoms with Gasteiger partial charge in [-0.25, -0.2) is 4.98 Å². The molecule has 0 aromatic carbocycles. The molecule has 1 atom stereocenters.